The van der Waals surface area contributed by atoms with Gasteiger partial charge in [-0.05, 0) is 41.7 Å². The molecule has 0 spiro atoms. The normalized spacial score (nSPS) is 11.5. The lowest BCUT2D eigenvalue weighted by molar-refractivity contribution is 0.255. The van der Waals surface area contributed by atoms with Crippen molar-refractivity contribution in [1.82, 2.24) is 5.32 Å². The summed E-state index contributed by atoms with van der Waals surface area (Å²) in [6, 6.07) is 15.8. The third-order valence-electron chi connectivity index (χ3n) is 3.54. The molecular weight excluding hydrogens is 284 g/mol. The molecule has 3 nitrogen and oxygen atoms in total. The molecule has 0 saturated carbocycles. The highest BCUT2D eigenvalue weighted by atomic mass is 16.2. The first kappa shape index (κ1) is 16.8. The molecule has 2 aromatic carbocycles. The van der Waals surface area contributed by atoms with Gasteiger partial charge in [-0.2, -0.15) is 0 Å². The van der Waals surface area contributed by atoms with E-state index in [1.807, 2.05) is 55.5 Å². The van der Waals surface area contributed by atoms with Crippen LogP contribution in [0.25, 0.3) is 6.08 Å². The summed E-state index contributed by atoms with van der Waals surface area (Å²) in [5.74, 6) is 0. The Hall–Kier alpha value is -2.55. The second kappa shape index (κ2) is 7.14. The summed E-state index contributed by atoms with van der Waals surface area (Å²) in [5.41, 5.74) is 4.37. The molecule has 120 valence electrons. The molecule has 0 radical (unpaired) electrons. The zero-order valence-corrected chi connectivity index (χ0v) is 14.2. The lowest BCUT2D eigenvalue weighted by Crippen LogP contribution is -2.23. The lowest BCUT2D eigenvalue weighted by atomic mass is 9.87. The number of amides is 2. The smallest absolute Gasteiger partial charge is 0.314 e. The number of aryl methyl sites for hydroxylation is 1. The predicted octanol–water partition coefficient (Wildman–Crippen LogP) is 5.08. The first-order valence-electron chi connectivity index (χ1n) is 7.76. The van der Waals surface area contributed by atoms with Gasteiger partial charge in [-0.1, -0.05) is 62.7 Å². The molecule has 3 heteroatoms. The van der Waals surface area contributed by atoms with Crippen LogP contribution in [0.1, 0.15) is 37.5 Å². The maximum atomic E-state index is 11.9. The summed E-state index contributed by atoms with van der Waals surface area (Å²) in [6.07, 6.45) is 3.52. The van der Waals surface area contributed by atoms with Crippen molar-refractivity contribution in [3.63, 3.8) is 0 Å². The van der Waals surface area contributed by atoms with Gasteiger partial charge in [0.15, 0.2) is 0 Å². The van der Waals surface area contributed by atoms with E-state index in [4.69, 9.17) is 0 Å². The van der Waals surface area contributed by atoms with E-state index in [1.54, 1.807) is 6.20 Å². The Morgan fingerprint density at radius 1 is 1.04 bits per heavy atom. The van der Waals surface area contributed by atoms with Crippen molar-refractivity contribution < 1.29 is 4.79 Å². The summed E-state index contributed by atoms with van der Waals surface area (Å²) >= 11 is 0. The minimum Gasteiger partial charge on any atom is -0.314 e. The molecule has 0 fully saturated rings. The molecule has 0 unspecified atom stereocenters. The zero-order valence-electron chi connectivity index (χ0n) is 14.2. The molecule has 2 N–H and O–H groups in total. The zero-order chi connectivity index (χ0) is 16.9. The van der Waals surface area contributed by atoms with Gasteiger partial charge in [-0.3, -0.25) is 0 Å². The predicted molar refractivity (Wildman–Crippen MR) is 97.5 cm³/mol. The summed E-state index contributed by atoms with van der Waals surface area (Å²) in [5, 5.41) is 5.53. The summed E-state index contributed by atoms with van der Waals surface area (Å²) in [6.45, 7) is 8.54. The standard InChI is InChI=1S/C20H24N2O/c1-15-6-5-7-16(14-15)12-13-21-19(23)22-18-10-8-17(9-11-18)20(2,3)4/h5-14H,1-4H3,(H2,21,22,23)/b13-12+. The molecular formula is C20H24N2O. The molecule has 0 aliphatic heterocycles. The second-order valence-electron chi connectivity index (χ2n) is 6.67. The fourth-order valence-corrected chi connectivity index (χ4v) is 2.21. The quantitative estimate of drug-likeness (QED) is 0.815. The monoisotopic (exact) mass is 308 g/mol. The number of urea groups is 1. The SMILES string of the molecule is Cc1cccc(/C=C/NC(=O)Nc2ccc(C(C)(C)C)cc2)c1. The average Bonchev–Trinajstić information content (AvgIpc) is 2.47. The molecule has 0 heterocycles. The van der Waals surface area contributed by atoms with Crippen LogP contribution in [-0.2, 0) is 5.41 Å². The summed E-state index contributed by atoms with van der Waals surface area (Å²) in [7, 11) is 0. The van der Waals surface area contributed by atoms with Gasteiger partial charge in [0, 0.05) is 11.9 Å². The van der Waals surface area contributed by atoms with Gasteiger partial charge in [0.2, 0.25) is 0 Å². The molecule has 0 atom stereocenters. The highest BCUT2D eigenvalue weighted by Gasteiger charge is 2.12. The molecule has 2 rings (SSSR count). The first-order chi connectivity index (χ1) is 10.8. The number of anilines is 1. The number of carbonyl (C=O) groups excluding carboxylic acids is 1. The van der Waals surface area contributed by atoms with Gasteiger partial charge >= 0.3 is 6.03 Å². The van der Waals surface area contributed by atoms with Crippen molar-refractivity contribution in [3.05, 3.63) is 71.4 Å². The molecule has 0 saturated heterocycles. The van der Waals surface area contributed by atoms with Gasteiger partial charge < -0.3 is 10.6 Å². The molecule has 2 aromatic rings. The average molecular weight is 308 g/mol. The van der Waals surface area contributed by atoms with Gasteiger partial charge in [-0.15, -0.1) is 0 Å². The Bertz CT molecular complexity index is 694. The number of hydrogen-bond acceptors (Lipinski definition) is 1. The second-order valence-corrected chi connectivity index (χ2v) is 6.67. The summed E-state index contributed by atoms with van der Waals surface area (Å²) < 4.78 is 0. The molecule has 2 amide bonds. The Morgan fingerprint density at radius 3 is 2.35 bits per heavy atom. The maximum absolute atomic E-state index is 11.9. The molecule has 0 aromatic heterocycles. The van der Waals surface area contributed by atoms with E-state index >= 15 is 0 Å². The van der Waals surface area contributed by atoms with Crippen LogP contribution in [0, 0.1) is 6.92 Å². The van der Waals surface area contributed by atoms with E-state index in [1.165, 1.54) is 11.1 Å². The number of rotatable bonds is 3. The third kappa shape index (κ3) is 5.29. The van der Waals surface area contributed by atoms with Crippen molar-refractivity contribution in [2.24, 2.45) is 0 Å². The van der Waals surface area contributed by atoms with Crippen LogP contribution in [0.2, 0.25) is 0 Å². The van der Waals surface area contributed by atoms with Crippen LogP contribution in [0.5, 0.6) is 0 Å². The van der Waals surface area contributed by atoms with Crippen LogP contribution >= 0.6 is 0 Å². The number of hydrogen-bond donors (Lipinski definition) is 2. The van der Waals surface area contributed by atoms with E-state index in [2.05, 4.69) is 37.5 Å². The highest BCUT2D eigenvalue weighted by Crippen LogP contribution is 2.23. The van der Waals surface area contributed by atoms with Crippen LogP contribution in [0.3, 0.4) is 0 Å². The fraction of sp³-hybridized carbons (Fsp3) is 0.250. The lowest BCUT2D eigenvalue weighted by Gasteiger charge is -2.19. The Morgan fingerprint density at radius 2 is 1.74 bits per heavy atom. The Balaban J connectivity index is 1.90. The van der Waals surface area contributed by atoms with Crippen LogP contribution < -0.4 is 10.6 Å². The Labute approximate surface area is 138 Å². The van der Waals surface area contributed by atoms with Crippen molar-refractivity contribution >= 4 is 17.8 Å². The minimum atomic E-state index is -0.252. The van der Waals surface area contributed by atoms with E-state index in [-0.39, 0.29) is 11.4 Å². The van der Waals surface area contributed by atoms with E-state index in [0.29, 0.717) is 0 Å². The largest absolute Gasteiger partial charge is 0.323 e. The highest BCUT2D eigenvalue weighted by molar-refractivity contribution is 5.90. The first-order valence-corrected chi connectivity index (χ1v) is 7.76. The van der Waals surface area contributed by atoms with E-state index in [0.717, 1.165) is 11.3 Å². The van der Waals surface area contributed by atoms with Crippen LogP contribution in [0.4, 0.5) is 10.5 Å². The van der Waals surface area contributed by atoms with Crippen molar-refractivity contribution in [2.45, 2.75) is 33.1 Å². The van der Waals surface area contributed by atoms with Gasteiger partial charge in [-0.25, -0.2) is 4.79 Å². The van der Waals surface area contributed by atoms with Crippen LogP contribution in [0.15, 0.2) is 54.7 Å². The summed E-state index contributed by atoms with van der Waals surface area (Å²) in [4.78, 5) is 11.9. The Kier molecular flexibility index (Phi) is 5.22. The van der Waals surface area contributed by atoms with Crippen molar-refractivity contribution in [3.8, 4) is 0 Å². The number of benzene rings is 2. The number of nitrogens with one attached hydrogen (secondary N) is 2. The van der Waals surface area contributed by atoms with Gasteiger partial charge in [0.25, 0.3) is 0 Å². The van der Waals surface area contributed by atoms with Crippen molar-refractivity contribution in [1.29, 1.82) is 0 Å². The fourth-order valence-electron chi connectivity index (χ4n) is 2.21. The van der Waals surface area contributed by atoms with Crippen LogP contribution in [-0.4, -0.2) is 6.03 Å². The molecule has 0 aliphatic carbocycles. The minimum absolute atomic E-state index is 0.108. The van der Waals surface area contributed by atoms with Gasteiger partial charge in [0.1, 0.15) is 0 Å². The molecule has 23 heavy (non-hydrogen) atoms. The topological polar surface area (TPSA) is 41.1 Å². The molecule has 0 bridgehead atoms. The van der Waals surface area contributed by atoms with E-state index in [9.17, 15) is 4.79 Å². The number of carbonyl (C=O) groups is 1. The van der Waals surface area contributed by atoms with E-state index < -0.39 is 0 Å². The third-order valence-corrected chi connectivity index (χ3v) is 3.54. The van der Waals surface area contributed by atoms with Gasteiger partial charge in [0.05, 0.1) is 0 Å². The molecule has 0 aliphatic rings. The van der Waals surface area contributed by atoms with Crippen molar-refractivity contribution in [2.75, 3.05) is 5.32 Å². The maximum Gasteiger partial charge on any atom is 0.323 e.